The molecule has 2 aliphatic carbocycles. The lowest BCUT2D eigenvalue weighted by Crippen LogP contribution is -2.45. The molecule has 2 atom stereocenters. The minimum Gasteiger partial charge on any atom is -0.481 e. The molecule has 1 amide bonds. The van der Waals surface area contributed by atoms with Crippen LogP contribution in [0.1, 0.15) is 79.4 Å². The molecule has 0 aromatic carbocycles. The lowest BCUT2D eigenvalue weighted by atomic mass is 9.86. The van der Waals surface area contributed by atoms with Crippen molar-refractivity contribution in [2.24, 2.45) is 5.92 Å². The molecule has 26 heavy (non-hydrogen) atoms. The third-order valence-electron chi connectivity index (χ3n) is 5.73. The van der Waals surface area contributed by atoms with Crippen LogP contribution in [0.4, 0.5) is 0 Å². The largest absolute Gasteiger partial charge is 0.481 e. The highest BCUT2D eigenvalue weighted by atomic mass is 16.4. The molecule has 0 radical (unpaired) electrons. The molecule has 1 aromatic heterocycles. The lowest BCUT2D eigenvalue weighted by molar-refractivity contribution is -0.143. The Morgan fingerprint density at radius 1 is 1.00 bits per heavy atom. The van der Waals surface area contributed by atoms with Gasteiger partial charge >= 0.3 is 5.97 Å². The summed E-state index contributed by atoms with van der Waals surface area (Å²) in [6.45, 7) is 0. The number of fused-ring (bicyclic) bond motifs is 1. The first-order valence-corrected chi connectivity index (χ1v) is 9.85. The Balaban J connectivity index is 1.80. The van der Waals surface area contributed by atoms with Crippen molar-refractivity contribution in [2.45, 2.75) is 76.7 Å². The van der Waals surface area contributed by atoms with Crippen LogP contribution in [0.5, 0.6) is 0 Å². The van der Waals surface area contributed by atoms with Gasteiger partial charge in [0, 0.05) is 11.7 Å². The molecule has 0 aliphatic heterocycles. The summed E-state index contributed by atoms with van der Waals surface area (Å²) in [5, 5.41) is 12.4. The number of carboxylic acid groups (broad SMARTS) is 1. The second-order valence-electron chi connectivity index (χ2n) is 7.59. The number of aliphatic carboxylic acids is 1. The predicted octanol–water partition coefficient (Wildman–Crippen LogP) is 2.80. The molecule has 0 bridgehead atoms. The highest BCUT2D eigenvalue weighted by molar-refractivity contribution is 5.94. The molecular weight excluding hydrogens is 332 g/mol. The molecule has 2 unspecified atom stereocenters. The summed E-state index contributed by atoms with van der Waals surface area (Å²) >= 11 is 0. The first kappa shape index (κ1) is 18.7. The van der Waals surface area contributed by atoms with Gasteiger partial charge in [-0.05, 0) is 50.2 Å². The second kappa shape index (κ2) is 8.52. The molecule has 0 saturated heterocycles. The summed E-state index contributed by atoms with van der Waals surface area (Å²) in [7, 11) is 0. The minimum absolute atomic E-state index is 0.108. The van der Waals surface area contributed by atoms with Crippen molar-refractivity contribution in [3.8, 4) is 0 Å². The zero-order chi connectivity index (χ0) is 18.5. The molecule has 3 rings (SSSR count). The Kier molecular flexibility index (Phi) is 6.12. The van der Waals surface area contributed by atoms with Gasteiger partial charge in [0.1, 0.15) is 5.56 Å². The van der Waals surface area contributed by atoms with Crippen LogP contribution < -0.4 is 10.9 Å². The van der Waals surface area contributed by atoms with Gasteiger partial charge in [-0.2, -0.15) is 0 Å². The van der Waals surface area contributed by atoms with Crippen LogP contribution in [0.2, 0.25) is 0 Å². The van der Waals surface area contributed by atoms with E-state index in [9.17, 15) is 19.5 Å². The molecule has 6 nitrogen and oxygen atoms in total. The highest BCUT2D eigenvalue weighted by Gasteiger charge is 2.30. The fraction of sp³-hybridized carbons (Fsp3) is 0.650. The highest BCUT2D eigenvalue weighted by Crippen LogP contribution is 2.24. The van der Waals surface area contributed by atoms with Crippen LogP contribution in [-0.4, -0.2) is 28.0 Å². The van der Waals surface area contributed by atoms with Gasteiger partial charge in [-0.15, -0.1) is 0 Å². The van der Waals surface area contributed by atoms with Crippen molar-refractivity contribution in [1.29, 1.82) is 0 Å². The number of hydrogen-bond donors (Lipinski definition) is 3. The Hall–Kier alpha value is -2.11. The van der Waals surface area contributed by atoms with Crippen LogP contribution in [-0.2, 0) is 17.6 Å². The molecule has 1 fully saturated rings. The Labute approximate surface area is 153 Å². The van der Waals surface area contributed by atoms with Crippen LogP contribution in [0, 0.1) is 5.92 Å². The summed E-state index contributed by atoms with van der Waals surface area (Å²) in [5.74, 6) is -1.90. The average molecular weight is 360 g/mol. The number of H-pyrrole nitrogens is 1. The zero-order valence-corrected chi connectivity index (χ0v) is 15.2. The van der Waals surface area contributed by atoms with Gasteiger partial charge in [0.25, 0.3) is 11.5 Å². The Morgan fingerprint density at radius 2 is 1.69 bits per heavy atom. The third kappa shape index (κ3) is 4.34. The van der Waals surface area contributed by atoms with E-state index in [1.165, 1.54) is 0 Å². The van der Waals surface area contributed by atoms with Crippen LogP contribution in [0.3, 0.4) is 0 Å². The topological polar surface area (TPSA) is 99.3 Å². The van der Waals surface area contributed by atoms with E-state index in [0.29, 0.717) is 12.8 Å². The van der Waals surface area contributed by atoms with Gasteiger partial charge in [-0.25, -0.2) is 0 Å². The molecular formula is C20H28N2O4. The van der Waals surface area contributed by atoms with Crippen LogP contribution in [0.15, 0.2) is 10.9 Å². The number of aromatic nitrogens is 1. The monoisotopic (exact) mass is 360 g/mol. The van der Waals surface area contributed by atoms with Crippen LogP contribution >= 0.6 is 0 Å². The van der Waals surface area contributed by atoms with E-state index in [-0.39, 0.29) is 11.1 Å². The van der Waals surface area contributed by atoms with E-state index >= 15 is 0 Å². The molecule has 1 saturated carbocycles. The first-order valence-electron chi connectivity index (χ1n) is 9.85. The quantitative estimate of drug-likeness (QED) is 0.722. The van der Waals surface area contributed by atoms with Gasteiger partial charge in [-0.1, -0.05) is 32.1 Å². The van der Waals surface area contributed by atoms with Gasteiger partial charge in [0.15, 0.2) is 0 Å². The van der Waals surface area contributed by atoms with E-state index in [2.05, 4.69) is 10.3 Å². The summed E-state index contributed by atoms with van der Waals surface area (Å²) in [4.78, 5) is 39.6. The molecule has 1 aromatic rings. The predicted molar refractivity (Wildman–Crippen MR) is 98.4 cm³/mol. The van der Waals surface area contributed by atoms with Gasteiger partial charge in [-0.3, -0.25) is 14.4 Å². The Bertz CT molecular complexity index is 725. The van der Waals surface area contributed by atoms with E-state index < -0.39 is 23.8 Å². The normalized spacial score (nSPS) is 23.8. The number of pyridine rings is 1. The number of aryl methyl sites for hydroxylation is 2. The summed E-state index contributed by atoms with van der Waals surface area (Å²) in [6, 6.07) is 1.30. The first-order chi connectivity index (χ1) is 12.6. The standard InChI is InChI=1S/C20H28N2O4/c23-18-15(12-13-8-4-3-7-10-16(13)21-18)19(24)22-17-11-6-2-1-5-9-14(17)20(25)26/h12,14,17H,1-11H2,(H,21,23)(H,22,24)(H,25,26). The van der Waals surface area contributed by atoms with Crippen molar-refractivity contribution >= 4 is 11.9 Å². The van der Waals surface area contributed by atoms with E-state index in [1.54, 1.807) is 6.07 Å². The number of rotatable bonds is 3. The van der Waals surface area contributed by atoms with Crippen molar-refractivity contribution in [3.63, 3.8) is 0 Å². The van der Waals surface area contributed by atoms with Crippen molar-refractivity contribution in [2.75, 3.05) is 0 Å². The SMILES string of the molecule is O=C(NC1CCCCCCC1C(=O)O)c1cc2c([nH]c1=O)CCCCC2. The third-order valence-corrected chi connectivity index (χ3v) is 5.73. The van der Waals surface area contributed by atoms with Gasteiger partial charge < -0.3 is 15.4 Å². The summed E-state index contributed by atoms with van der Waals surface area (Å²) < 4.78 is 0. The molecule has 1 heterocycles. The number of carboxylic acids is 1. The molecule has 3 N–H and O–H groups in total. The minimum atomic E-state index is -0.868. The maximum atomic E-state index is 12.7. The van der Waals surface area contributed by atoms with Gasteiger partial charge in [0.05, 0.1) is 5.92 Å². The summed E-state index contributed by atoms with van der Waals surface area (Å²) in [5.41, 5.74) is 1.72. The second-order valence-corrected chi connectivity index (χ2v) is 7.59. The lowest BCUT2D eigenvalue weighted by Gasteiger charge is -2.27. The van der Waals surface area contributed by atoms with Crippen molar-refractivity contribution in [3.05, 3.63) is 33.2 Å². The number of amides is 1. The maximum Gasteiger partial charge on any atom is 0.308 e. The molecule has 2 aliphatic rings. The number of carbonyl (C=O) groups is 2. The number of aromatic amines is 1. The van der Waals surface area contributed by atoms with E-state index in [1.807, 2.05) is 0 Å². The zero-order valence-electron chi connectivity index (χ0n) is 15.2. The Morgan fingerprint density at radius 3 is 2.46 bits per heavy atom. The summed E-state index contributed by atoms with van der Waals surface area (Å²) in [6.07, 6.45) is 10.0. The van der Waals surface area contributed by atoms with Crippen LogP contribution in [0.25, 0.3) is 0 Å². The fourth-order valence-electron chi connectivity index (χ4n) is 4.22. The van der Waals surface area contributed by atoms with Gasteiger partial charge in [0.2, 0.25) is 0 Å². The fourth-order valence-corrected chi connectivity index (χ4v) is 4.22. The molecule has 6 heteroatoms. The van der Waals surface area contributed by atoms with Crippen molar-refractivity contribution < 1.29 is 14.7 Å². The van der Waals surface area contributed by atoms with E-state index in [0.717, 1.165) is 69.0 Å². The maximum absolute atomic E-state index is 12.7. The van der Waals surface area contributed by atoms with E-state index in [4.69, 9.17) is 0 Å². The molecule has 0 spiro atoms. The number of carbonyl (C=O) groups excluding carboxylic acids is 1. The number of nitrogens with one attached hydrogen (secondary N) is 2. The number of hydrogen-bond acceptors (Lipinski definition) is 3. The smallest absolute Gasteiger partial charge is 0.308 e. The van der Waals surface area contributed by atoms with Crippen molar-refractivity contribution in [1.82, 2.24) is 10.3 Å². The molecule has 142 valence electrons. The average Bonchev–Trinajstić information content (AvgIpc) is 2.80.